The van der Waals surface area contributed by atoms with Crippen LogP contribution in [0.15, 0.2) is 6.07 Å². The average Bonchev–Trinajstić information content (AvgIpc) is 2.18. The molecule has 8 heteroatoms. The van der Waals surface area contributed by atoms with E-state index in [0.29, 0.717) is 6.29 Å². The average molecular weight is 346 g/mol. The number of nitrogens with two attached hydrogens (primary N) is 1. The fourth-order valence-electron chi connectivity index (χ4n) is 0.986. The predicted octanol–water partition coefficient (Wildman–Crippen LogP) is 1.86. The molecule has 1 aromatic rings. The van der Waals surface area contributed by atoms with Crippen LogP contribution in [0.4, 0.5) is 13.2 Å². The molecular formula is C8H6F3IN2O2. The molecule has 0 aliphatic carbocycles. The molecule has 0 unspecified atom stereocenters. The van der Waals surface area contributed by atoms with Gasteiger partial charge in [-0.25, -0.2) is 4.98 Å². The first kappa shape index (κ1) is 13.2. The minimum Gasteiger partial charge on any atom is -0.403 e. The number of hydrogen-bond acceptors (Lipinski definition) is 4. The van der Waals surface area contributed by atoms with E-state index in [1.165, 1.54) is 0 Å². The lowest BCUT2D eigenvalue weighted by Crippen LogP contribution is -2.19. The van der Waals surface area contributed by atoms with Gasteiger partial charge in [0, 0.05) is 6.54 Å². The van der Waals surface area contributed by atoms with Crippen molar-refractivity contribution < 1.29 is 22.7 Å². The molecule has 0 atom stereocenters. The standard InChI is InChI=1S/C8H6F3IN2O2/c9-8(10,11)16-6-1-4(2-13)5(3-15)14-7(6)12/h1,3H,2,13H2. The Morgan fingerprint density at radius 3 is 2.62 bits per heavy atom. The highest BCUT2D eigenvalue weighted by Crippen LogP contribution is 2.28. The maximum Gasteiger partial charge on any atom is 0.573 e. The summed E-state index contributed by atoms with van der Waals surface area (Å²) in [6, 6.07) is 1.06. The van der Waals surface area contributed by atoms with E-state index in [9.17, 15) is 18.0 Å². The van der Waals surface area contributed by atoms with Crippen molar-refractivity contribution >= 4 is 28.9 Å². The molecule has 0 fully saturated rings. The normalized spacial score (nSPS) is 11.3. The number of rotatable bonds is 3. The van der Waals surface area contributed by atoms with E-state index < -0.39 is 12.1 Å². The van der Waals surface area contributed by atoms with Gasteiger partial charge < -0.3 is 10.5 Å². The molecule has 0 saturated heterocycles. The third-order valence-corrected chi connectivity index (χ3v) is 2.39. The van der Waals surface area contributed by atoms with Gasteiger partial charge in [-0.2, -0.15) is 0 Å². The SMILES string of the molecule is NCc1cc(OC(F)(F)F)c(I)nc1C=O. The first-order valence-electron chi connectivity index (χ1n) is 3.97. The Bertz CT molecular complexity index is 409. The Hall–Kier alpha value is -0.900. The lowest BCUT2D eigenvalue weighted by atomic mass is 10.2. The van der Waals surface area contributed by atoms with Crippen molar-refractivity contribution in [3.63, 3.8) is 0 Å². The maximum absolute atomic E-state index is 12.0. The van der Waals surface area contributed by atoms with Gasteiger partial charge in [0.25, 0.3) is 0 Å². The van der Waals surface area contributed by atoms with Gasteiger partial charge in [-0.1, -0.05) is 0 Å². The summed E-state index contributed by atoms with van der Waals surface area (Å²) in [4.78, 5) is 14.2. The number of carbonyl (C=O) groups is 1. The van der Waals surface area contributed by atoms with Gasteiger partial charge in [0.15, 0.2) is 12.0 Å². The van der Waals surface area contributed by atoms with Gasteiger partial charge in [-0.15, -0.1) is 13.2 Å². The van der Waals surface area contributed by atoms with Crippen molar-refractivity contribution in [2.45, 2.75) is 12.9 Å². The number of alkyl halides is 3. The number of aromatic nitrogens is 1. The molecule has 0 amide bonds. The molecular weight excluding hydrogens is 340 g/mol. The van der Waals surface area contributed by atoms with Gasteiger partial charge in [0.05, 0.1) is 0 Å². The van der Waals surface area contributed by atoms with E-state index in [1.807, 2.05) is 0 Å². The van der Waals surface area contributed by atoms with Crippen molar-refractivity contribution in [3.05, 3.63) is 21.0 Å². The van der Waals surface area contributed by atoms with Crippen LogP contribution in [0, 0.1) is 3.70 Å². The molecule has 1 aromatic heterocycles. The van der Waals surface area contributed by atoms with Crippen molar-refractivity contribution in [1.29, 1.82) is 0 Å². The van der Waals surface area contributed by atoms with E-state index in [4.69, 9.17) is 5.73 Å². The van der Waals surface area contributed by atoms with Gasteiger partial charge >= 0.3 is 6.36 Å². The maximum atomic E-state index is 12.0. The summed E-state index contributed by atoms with van der Waals surface area (Å²) in [5.41, 5.74) is 5.49. The quantitative estimate of drug-likeness (QED) is 0.516. The summed E-state index contributed by atoms with van der Waals surface area (Å²) in [7, 11) is 0. The number of ether oxygens (including phenoxy) is 1. The number of hydrogen-bond donors (Lipinski definition) is 1. The molecule has 88 valence electrons. The number of nitrogens with zero attached hydrogens (tertiary/aromatic N) is 1. The lowest BCUT2D eigenvalue weighted by Gasteiger charge is -2.12. The Balaban J connectivity index is 3.16. The molecule has 0 bridgehead atoms. The molecule has 0 saturated carbocycles. The summed E-state index contributed by atoms with van der Waals surface area (Å²) in [6.45, 7) is -0.0911. The number of pyridine rings is 1. The van der Waals surface area contributed by atoms with Crippen LogP contribution in [0.5, 0.6) is 5.75 Å². The highest BCUT2D eigenvalue weighted by Gasteiger charge is 2.32. The molecule has 0 aliphatic rings. The van der Waals surface area contributed by atoms with Gasteiger partial charge in [0.2, 0.25) is 0 Å². The summed E-state index contributed by atoms with van der Waals surface area (Å²) in [5.74, 6) is -0.459. The summed E-state index contributed by atoms with van der Waals surface area (Å²) in [6.07, 6.45) is -4.36. The zero-order valence-electron chi connectivity index (χ0n) is 7.71. The van der Waals surface area contributed by atoms with Crippen LogP contribution >= 0.6 is 22.6 Å². The summed E-state index contributed by atoms with van der Waals surface area (Å²) >= 11 is 1.55. The first-order chi connectivity index (χ1) is 7.37. The fourth-order valence-corrected chi connectivity index (χ4v) is 1.51. The van der Waals surface area contributed by atoms with Crippen LogP contribution in [0.25, 0.3) is 0 Å². The van der Waals surface area contributed by atoms with Crippen molar-refractivity contribution in [3.8, 4) is 5.75 Å². The Morgan fingerprint density at radius 1 is 1.56 bits per heavy atom. The predicted molar refractivity (Wildman–Crippen MR) is 56.9 cm³/mol. The molecule has 4 nitrogen and oxygen atoms in total. The number of carbonyl (C=O) groups excluding carboxylic acids is 1. The lowest BCUT2D eigenvalue weighted by molar-refractivity contribution is -0.275. The molecule has 16 heavy (non-hydrogen) atoms. The summed E-state index contributed by atoms with van der Waals surface area (Å²) in [5, 5.41) is 0. The van der Waals surface area contributed by atoms with Crippen molar-refractivity contribution in [1.82, 2.24) is 4.98 Å². The largest absolute Gasteiger partial charge is 0.573 e. The Morgan fingerprint density at radius 2 is 2.19 bits per heavy atom. The molecule has 1 rings (SSSR count). The van der Waals surface area contributed by atoms with Crippen LogP contribution in [-0.4, -0.2) is 17.6 Å². The fraction of sp³-hybridized carbons (Fsp3) is 0.250. The summed E-state index contributed by atoms with van der Waals surface area (Å²) < 4.78 is 39.6. The highest BCUT2D eigenvalue weighted by molar-refractivity contribution is 14.1. The van der Waals surface area contributed by atoms with Crippen molar-refractivity contribution in [2.24, 2.45) is 5.73 Å². The van der Waals surface area contributed by atoms with Gasteiger partial charge in [0.1, 0.15) is 9.39 Å². The van der Waals surface area contributed by atoms with E-state index in [2.05, 4.69) is 9.72 Å². The van der Waals surface area contributed by atoms with E-state index >= 15 is 0 Å². The van der Waals surface area contributed by atoms with Gasteiger partial charge in [-0.05, 0) is 34.2 Å². The smallest absolute Gasteiger partial charge is 0.403 e. The third-order valence-electron chi connectivity index (χ3n) is 1.61. The highest BCUT2D eigenvalue weighted by atomic mass is 127. The Kier molecular flexibility index (Phi) is 4.08. The van der Waals surface area contributed by atoms with Gasteiger partial charge in [-0.3, -0.25) is 4.79 Å². The second-order valence-corrected chi connectivity index (χ2v) is 3.71. The molecule has 0 aliphatic heterocycles. The molecule has 2 N–H and O–H groups in total. The zero-order valence-corrected chi connectivity index (χ0v) is 9.87. The zero-order chi connectivity index (χ0) is 12.3. The van der Waals surface area contributed by atoms with E-state index in [0.717, 1.165) is 6.07 Å². The topological polar surface area (TPSA) is 65.2 Å². The molecule has 0 aromatic carbocycles. The monoisotopic (exact) mass is 346 g/mol. The van der Waals surface area contributed by atoms with E-state index in [-0.39, 0.29) is 21.5 Å². The second kappa shape index (κ2) is 4.95. The number of halogens is 4. The van der Waals surface area contributed by atoms with Crippen LogP contribution in [0.3, 0.4) is 0 Å². The van der Waals surface area contributed by atoms with Crippen LogP contribution in [0.1, 0.15) is 16.1 Å². The van der Waals surface area contributed by atoms with Crippen LogP contribution in [-0.2, 0) is 6.54 Å². The first-order valence-corrected chi connectivity index (χ1v) is 5.05. The van der Waals surface area contributed by atoms with E-state index in [1.54, 1.807) is 22.6 Å². The second-order valence-electron chi connectivity index (χ2n) is 2.69. The van der Waals surface area contributed by atoms with Crippen molar-refractivity contribution in [2.75, 3.05) is 0 Å². The number of aldehydes is 1. The van der Waals surface area contributed by atoms with Crippen LogP contribution < -0.4 is 10.5 Å². The minimum absolute atomic E-state index is 0.0152. The molecule has 1 heterocycles. The minimum atomic E-state index is -4.80. The Labute approximate surface area is 102 Å². The molecule has 0 radical (unpaired) electrons. The van der Waals surface area contributed by atoms with Crippen LogP contribution in [0.2, 0.25) is 0 Å². The third kappa shape index (κ3) is 3.30. The molecule has 0 spiro atoms.